The van der Waals surface area contributed by atoms with Gasteiger partial charge in [0.15, 0.2) is 0 Å². The van der Waals surface area contributed by atoms with Gasteiger partial charge in [-0.25, -0.2) is 0 Å². The second-order valence-corrected chi connectivity index (χ2v) is 4.74. The largest absolute Gasteiger partial charge is 0.508 e. The number of anilines is 1. The second kappa shape index (κ2) is 4.86. The first kappa shape index (κ1) is 13.0. The molecular formula is C14H14N4O3. The summed E-state index contributed by atoms with van der Waals surface area (Å²) in [4.78, 5) is 18.9. The van der Waals surface area contributed by atoms with Gasteiger partial charge in [0, 0.05) is 24.1 Å². The maximum atomic E-state index is 11.9. The van der Waals surface area contributed by atoms with Crippen LogP contribution in [-0.2, 0) is 18.3 Å². The van der Waals surface area contributed by atoms with E-state index in [2.05, 4.69) is 9.97 Å². The molecule has 7 heteroatoms. The van der Waals surface area contributed by atoms with Crippen molar-refractivity contribution in [2.24, 2.45) is 7.05 Å². The molecule has 2 aromatic heterocycles. The number of nitrogens with zero attached hydrogens (tertiary/aromatic N) is 2. The van der Waals surface area contributed by atoms with Crippen LogP contribution in [0.15, 0.2) is 30.6 Å². The molecule has 0 spiro atoms. The molecule has 21 heavy (non-hydrogen) atoms. The molecule has 0 bridgehead atoms. The molecule has 3 rings (SSSR count). The van der Waals surface area contributed by atoms with Gasteiger partial charge < -0.3 is 25.1 Å². The molecule has 108 valence electrons. The predicted octanol–water partition coefficient (Wildman–Crippen LogP) is 1.34. The van der Waals surface area contributed by atoms with E-state index >= 15 is 0 Å². The highest BCUT2D eigenvalue weighted by atomic mass is 16.5. The minimum absolute atomic E-state index is 0.0694. The number of hydrogen-bond acceptors (Lipinski definition) is 5. The summed E-state index contributed by atoms with van der Waals surface area (Å²) < 4.78 is 6.70. The average molecular weight is 286 g/mol. The number of phenols is 1. The van der Waals surface area contributed by atoms with Crippen LogP contribution in [0.2, 0.25) is 0 Å². The molecule has 0 fully saturated rings. The molecule has 3 aromatic rings. The third-order valence-corrected chi connectivity index (χ3v) is 3.19. The van der Waals surface area contributed by atoms with Crippen LogP contribution >= 0.6 is 0 Å². The number of aromatic nitrogens is 3. The van der Waals surface area contributed by atoms with E-state index in [-0.39, 0.29) is 24.0 Å². The zero-order chi connectivity index (χ0) is 15.0. The number of nitrogens with one attached hydrogen (secondary N) is 1. The molecule has 0 amide bonds. The van der Waals surface area contributed by atoms with E-state index in [9.17, 15) is 9.90 Å². The third kappa shape index (κ3) is 2.53. The lowest BCUT2D eigenvalue weighted by molar-refractivity contribution is -0.133. The summed E-state index contributed by atoms with van der Waals surface area (Å²) in [7, 11) is 1.71. The Bertz CT molecular complexity index is 799. The van der Waals surface area contributed by atoms with Crippen LogP contribution in [-0.4, -0.2) is 25.6 Å². The van der Waals surface area contributed by atoms with Gasteiger partial charge in [0.25, 0.3) is 0 Å². The second-order valence-electron chi connectivity index (χ2n) is 4.74. The highest BCUT2D eigenvalue weighted by Gasteiger charge is 2.13. The summed E-state index contributed by atoms with van der Waals surface area (Å²) in [6.45, 7) is 0. The van der Waals surface area contributed by atoms with Crippen LogP contribution in [0, 0.1) is 0 Å². The summed E-state index contributed by atoms with van der Waals surface area (Å²) in [6.07, 6.45) is 3.33. The number of benzene rings is 1. The number of ether oxygens (including phenoxy) is 1. The molecule has 0 radical (unpaired) electrons. The van der Waals surface area contributed by atoms with E-state index in [1.807, 2.05) is 0 Å². The van der Waals surface area contributed by atoms with Gasteiger partial charge in [0.1, 0.15) is 5.75 Å². The first-order chi connectivity index (χ1) is 10.0. The maximum absolute atomic E-state index is 11.9. The number of aromatic amines is 1. The molecule has 0 aliphatic carbocycles. The number of aryl methyl sites for hydroxylation is 1. The number of nitrogens with two attached hydrogens (primary N) is 1. The number of nitrogen functional groups attached to an aromatic ring is 1. The highest BCUT2D eigenvalue weighted by Crippen LogP contribution is 2.23. The fourth-order valence-electron chi connectivity index (χ4n) is 2.12. The molecular weight excluding hydrogens is 272 g/mol. The van der Waals surface area contributed by atoms with E-state index in [4.69, 9.17) is 10.5 Å². The number of imidazole rings is 1. The first-order valence-corrected chi connectivity index (χ1v) is 6.31. The fourth-order valence-corrected chi connectivity index (χ4v) is 2.12. The molecule has 1 aromatic carbocycles. The summed E-state index contributed by atoms with van der Waals surface area (Å²) in [5, 5.41) is 10.3. The van der Waals surface area contributed by atoms with Crippen molar-refractivity contribution >= 4 is 22.8 Å². The fraction of sp³-hybridized carbons (Fsp3) is 0.143. The van der Waals surface area contributed by atoms with Crippen molar-refractivity contribution in [1.82, 2.24) is 14.5 Å². The molecule has 0 atom stereocenters. The molecule has 4 N–H and O–H groups in total. The molecule has 0 saturated carbocycles. The van der Waals surface area contributed by atoms with Crippen molar-refractivity contribution in [2.45, 2.75) is 6.42 Å². The van der Waals surface area contributed by atoms with Gasteiger partial charge in [0.2, 0.25) is 11.8 Å². The topological polar surface area (TPSA) is 106 Å². The first-order valence-electron chi connectivity index (χ1n) is 6.31. The Labute approximate surface area is 120 Å². The summed E-state index contributed by atoms with van der Waals surface area (Å²) in [6, 6.07) is 4.93. The smallest absolute Gasteiger partial charge is 0.317 e. The van der Waals surface area contributed by atoms with Crippen LogP contribution in [0.1, 0.15) is 5.56 Å². The van der Waals surface area contributed by atoms with Gasteiger partial charge in [0.05, 0.1) is 12.6 Å². The van der Waals surface area contributed by atoms with Crippen molar-refractivity contribution in [2.75, 3.05) is 5.73 Å². The van der Waals surface area contributed by atoms with Crippen molar-refractivity contribution < 1.29 is 14.6 Å². The Kier molecular flexibility index (Phi) is 3.02. The molecule has 0 unspecified atom stereocenters. The van der Waals surface area contributed by atoms with Crippen LogP contribution < -0.4 is 10.5 Å². The van der Waals surface area contributed by atoms with Gasteiger partial charge in [-0.3, -0.25) is 4.79 Å². The minimum atomic E-state index is -0.447. The SMILES string of the molecule is Cn1cc(OC(=O)Cc2c[nH]c3ccc(O)cc23)nc1N. The van der Waals surface area contributed by atoms with Crippen LogP contribution in [0.3, 0.4) is 0 Å². The Hall–Kier alpha value is -2.96. The van der Waals surface area contributed by atoms with E-state index in [1.54, 1.807) is 36.0 Å². The molecule has 7 nitrogen and oxygen atoms in total. The van der Waals surface area contributed by atoms with E-state index in [0.29, 0.717) is 0 Å². The van der Waals surface area contributed by atoms with Crippen molar-refractivity contribution in [3.8, 4) is 11.6 Å². The quantitative estimate of drug-likeness (QED) is 0.630. The van der Waals surface area contributed by atoms with Crippen LogP contribution in [0.4, 0.5) is 5.95 Å². The lowest BCUT2D eigenvalue weighted by atomic mass is 10.1. The van der Waals surface area contributed by atoms with Gasteiger partial charge >= 0.3 is 5.97 Å². The molecule has 0 aliphatic rings. The van der Waals surface area contributed by atoms with Crippen molar-refractivity contribution in [1.29, 1.82) is 0 Å². The average Bonchev–Trinajstić information content (AvgIpc) is 2.94. The van der Waals surface area contributed by atoms with E-state index < -0.39 is 5.97 Å². The Morgan fingerprint density at radius 3 is 3.05 bits per heavy atom. The van der Waals surface area contributed by atoms with Gasteiger partial charge in [-0.1, -0.05) is 0 Å². The highest BCUT2D eigenvalue weighted by molar-refractivity contribution is 5.88. The van der Waals surface area contributed by atoms with Crippen LogP contribution in [0.25, 0.3) is 10.9 Å². The Morgan fingerprint density at radius 2 is 2.33 bits per heavy atom. The number of fused-ring (bicyclic) bond motifs is 1. The lowest BCUT2D eigenvalue weighted by Crippen LogP contribution is -2.11. The molecule has 2 heterocycles. The minimum Gasteiger partial charge on any atom is -0.508 e. The summed E-state index contributed by atoms with van der Waals surface area (Å²) in [5.74, 6) is 0.143. The number of rotatable bonds is 3. The summed E-state index contributed by atoms with van der Waals surface area (Å²) in [5.41, 5.74) is 7.16. The Balaban J connectivity index is 1.78. The number of hydrogen-bond donors (Lipinski definition) is 3. The normalized spacial score (nSPS) is 10.9. The molecule has 0 saturated heterocycles. The van der Waals surface area contributed by atoms with E-state index in [1.165, 1.54) is 6.20 Å². The van der Waals surface area contributed by atoms with Gasteiger partial charge in [-0.15, -0.1) is 0 Å². The number of carbonyl (C=O) groups is 1. The zero-order valence-electron chi connectivity index (χ0n) is 11.3. The standard InChI is InChI=1S/C14H14N4O3/c1-18-7-12(17-14(18)15)21-13(20)4-8-6-16-11-3-2-9(19)5-10(8)11/h2-3,5-7,16,19H,4H2,1H3,(H2,15,17). The number of H-pyrrole nitrogens is 1. The number of esters is 1. The predicted molar refractivity (Wildman–Crippen MR) is 76.9 cm³/mol. The van der Waals surface area contributed by atoms with Gasteiger partial charge in [-0.2, -0.15) is 4.98 Å². The van der Waals surface area contributed by atoms with E-state index in [0.717, 1.165) is 16.5 Å². The maximum Gasteiger partial charge on any atom is 0.317 e. The van der Waals surface area contributed by atoms with Crippen molar-refractivity contribution in [3.05, 3.63) is 36.2 Å². The Morgan fingerprint density at radius 1 is 1.52 bits per heavy atom. The number of phenolic OH excluding ortho intramolecular Hbond substituents is 1. The number of aromatic hydroxyl groups is 1. The van der Waals surface area contributed by atoms with Gasteiger partial charge in [-0.05, 0) is 23.8 Å². The zero-order valence-corrected chi connectivity index (χ0v) is 11.3. The molecule has 0 aliphatic heterocycles. The monoisotopic (exact) mass is 286 g/mol. The lowest BCUT2D eigenvalue weighted by Gasteiger charge is -2.00. The summed E-state index contributed by atoms with van der Waals surface area (Å²) >= 11 is 0. The van der Waals surface area contributed by atoms with Crippen LogP contribution in [0.5, 0.6) is 11.6 Å². The number of carbonyl (C=O) groups excluding carboxylic acids is 1. The third-order valence-electron chi connectivity index (χ3n) is 3.19. The van der Waals surface area contributed by atoms with Crippen molar-refractivity contribution in [3.63, 3.8) is 0 Å².